The van der Waals surface area contributed by atoms with E-state index in [0.717, 1.165) is 25.8 Å². The van der Waals surface area contributed by atoms with Crippen molar-refractivity contribution in [2.75, 3.05) is 0 Å². The molecule has 0 saturated carbocycles. The van der Waals surface area contributed by atoms with Gasteiger partial charge in [-0.25, -0.2) is 0 Å². The lowest BCUT2D eigenvalue weighted by molar-refractivity contribution is 0.104. The van der Waals surface area contributed by atoms with Crippen LogP contribution in [0.15, 0.2) is 100.0 Å². The Morgan fingerprint density at radius 3 is 2.27 bits per heavy atom. The summed E-state index contributed by atoms with van der Waals surface area (Å²) in [5, 5.41) is 2.38. The second-order valence-corrected chi connectivity index (χ2v) is 8.51. The van der Waals surface area contributed by atoms with Gasteiger partial charge in [-0.05, 0) is 72.0 Å². The van der Waals surface area contributed by atoms with Gasteiger partial charge in [-0.2, -0.15) is 0 Å². The van der Waals surface area contributed by atoms with Gasteiger partial charge in [0.25, 0.3) is 0 Å². The van der Waals surface area contributed by atoms with Gasteiger partial charge in [0.1, 0.15) is 12.4 Å². The molecular formula is C26H18Br2O2. The molecule has 0 unspecified atom stereocenters. The van der Waals surface area contributed by atoms with Gasteiger partial charge < -0.3 is 4.74 Å². The van der Waals surface area contributed by atoms with E-state index in [9.17, 15) is 4.79 Å². The summed E-state index contributed by atoms with van der Waals surface area (Å²) in [5.74, 6) is 0.702. The number of benzene rings is 4. The number of carbonyl (C=O) groups is 1. The first-order valence-corrected chi connectivity index (χ1v) is 11.1. The molecule has 4 rings (SSSR count). The third kappa shape index (κ3) is 4.72. The SMILES string of the molecule is O=C(/C=C/c1cc(Br)c(OCc2cccc3ccccc23)c(Br)c1)c1ccccc1. The largest absolute Gasteiger partial charge is 0.487 e. The van der Waals surface area contributed by atoms with Gasteiger partial charge in [-0.3, -0.25) is 4.79 Å². The summed E-state index contributed by atoms with van der Waals surface area (Å²) < 4.78 is 7.77. The van der Waals surface area contributed by atoms with E-state index in [-0.39, 0.29) is 5.78 Å². The fraction of sp³-hybridized carbons (Fsp3) is 0.0385. The van der Waals surface area contributed by atoms with Crippen LogP contribution in [0, 0.1) is 0 Å². The predicted octanol–water partition coefficient (Wildman–Crippen LogP) is 7.84. The maximum absolute atomic E-state index is 12.3. The van der Waals surface area contributed by atoms with E-state index in [1.54, 1.807) is 12.2 Å². The van der Waals surface area contributed by atoms with Gasteiger partial charge in [0.2, 0.25) is 0 Å². The molecule has 0 spiro atoms. The van der Waals surface area contributed by atoms with E-state index < -0.39 is 0 Å². The molecule has 0 atom stereocenters. The molecule has 0 amide bonds. The van der Waals surface area contributed by atoms with Crippen molar-refractivity contribution < 1.29 is 9.53 Å². The fourth-order valence-corrected chi connectivity index (χ4v) is 4.70. The average Bonchev–Trinajstić information content (AvgIpc) is 2.77. The highest BCUT2D eigenvalue weighted by Crippen LogP contribution is 2.36. The van der Waals surface area contributed by atoms with Crippen LogP contribution in [-0.4, -0.2) is 5.78 Å². The van der Waals surface area contributed by atoms with E-state index in [2.05, 4.69) is 56.1 Å². The summed E-state index contributed by atoms with van der Waals surface area (Å²) in [6.45, 7) is 0.459. The van der Waals surface area contributed by atoms with E-state index in [4.69, 9.17) is 4.74 Å². The normalized spacial score (nSPS) is 11.1. The van der Waals surface area contributed by atoms with Crippen LogP contribution in [0.3, 0.4) is 0 Å². The zero-order valence-electron chi connectivity index (χ0n) is 16.0. The van der Waals surface area contributed by atoms with Crippen LogP contribution < -0.4 is 4.74 Å². The number of ketones is 1. The van der Waals surface area contributed by atoms with Crippen molar-refractivity contribution in [2.45, 2.75) is 6.61 Å². The maximum atomic E-state index is 12.3. The molecule has 0 bridgehead atoms. The Bertz CT molecular complexity index is 1200. The highest BCUT2D eigenvalue weighted by molar-refractivity contribution is 9.11. The molecule has 4 aromatic rings. The number of hydrogen-bond donors (Lipinski definition) is 0. The Kier molecular flexibility index (Phi) is 6.46. The van der Waals surface area contributed by atoms with E-state index in [1.165, 1.54) is 10.8 Å². The first-order chi connectivity index (χ1) is 14.6. The van der Waals surface area contributed by atoms with Gasteiger partial charge in [-0.15, -0.1) is 0 Å². The van der Waals surface area contributed by atoms with Crippen LogP contribution in [0.2, 0.25) is 0 Å². The van der Waals surface area contributed by atoms with Crippen LogP contribution in [0.1, 0.15) is 21.5 Å². The summed E-state index contributed by atoms with van der Waals surface area (Å²) in [5.41, 5.74) is 2.70. The molecule has 0 aliphatic carbocycles. The monoisotopic (exact) mass is 520 g/mol. The maximum Gasteiger partial charge on any atom is 0.185 e. The molecule has 0 aliphatic heterocycles. The summed E-state index contributed by atoms with van der Waals surface area (Å²) in [4.78, 5) is 12.3. The highest BCUT2D eigenvalue weighted by atomic mass is 79.9. The summed E-state index contributed by atoms with van der Waals surface area (Å²) in [7, 11) is 0. The molecule has 4 aromatic carbocycles. The van der Waals surface area contributed by atoms with Crippen LogP contribution in [0.5, 0.6) is 5.75 Å². The Hall–Kier alpha value is -2.69. The zero-order valence-corrected chi connectivity index (χ0v) is 19.2. The number of ether oxygens (including phenoxy) is 1. The van der Waals surface area contributed by atoms with Crippen LogP contribution >= 0.6 is 31.9 Å². The lowest BCUT2D eigenvalue weighted by atomic mass is 10.1. The Balaban J connectivity index is 1.51. The molecule has 0 fully saturated rings. The zero-order chi connectivity index (χ0) is 20.9. The minimum atomic E-state index is -0.0286. The lowest BCUT2D eigenvalue weighted by Gasteiger charge is -2.13. The second-order valence-electron chi connectivity index (χ2n) is 6.80. The van der Waals surface area contributed by atoms with Crippen molar-refractivity contribution in [3.05, 3.63) is 117 Å². The van der Waals surface area contributed by atoms with Crippen LogP contribution in [-0.2, 0) is 6.61 Å². The molecule has 0 radical (unpaired) electrons. The van der Waals surface area contributed by atoms with Gasteiger partial charge in [0.15, 0.2) is 5.78 Å². The minimum absolute atomic E-state index is 0.0286. The molecule has 0 heterocycles. The Morgan fingerprint density at radius 2 is 1.50 bits per heavy atom. The topological polar surface area (TPSA) is 26.3 Å². The molecule has 0 aromatic heterocycles. The van der Waals surface area contributed by atoms with Crippen molar-refractivity contribution in [3.8, 4) is 5.75 Å². The van der Waals surface area contributed by atoms with Gasteiger partial charge in [-0.1, -0.05) is 78.9 Å². The van der Waals surface area contributed by atoms with Crippen molar-refractivity contribution in [1.82, 2.24) is 0 Å². The first-order valence-electron chi connectivity index (χ1n) is 9.48. The van der Waals surface area contributed by atoms with Crippen LogP contribution in [0.25, 0.3) is 16.8 Å². The molecule has 0 aliphatic rings. The third-order valence-corrected chi connectivity index (χ3v) is 5.94. The molecular weight excluding hydrogens is 504 g/mol. The quantitative estimate of drug-likeness (QED) is 0.191. The molecule has 30 heavy (non-hydrogen) atoms. The fourth-order valence-electron chi connectivity index (χ4n) is 3.25. The van der Waals surface area contributed by atoms with Gasteiger partial charge in [0, 0.05) is 5.56 Å². The summed E-state index contributed by atoms with van der Waals surface area (Å²) >= 11 is 7.20. The lowest BCUT2D eigenvalue weighted by Crippen LogP contribution is -1.98. The number of hydrogen-bond acceptors (Lipinski definition) is 2. The standard InChI is InChI=1S/C26H18Br2O2/c27-23-15-18(13-14-25(29)20-8-2-1-3-9-20)16-24(28)26(23)30-17-21-11-6-10-19-7-4-5-12-22(19)21/h1-16H,17H2/b14-13+. The van der Waals surface area contributed by atoms with Crippen LogP contribution in [0.4, 0.5) is 0 Å². The highest BCUT2D eigenvalue weighted by Gasteiger charge is 2.10. The van der Waals surface area contributed by atoms with E-state index in [1.807, 2.05) is 60.7 Å². The third-order valence-electron chi connectivity index (χ3n) is 4.76. The van der Waals surface area contributed by atoms with Crippen molar-refractivity contribution in [1.29, 1.82) is 0 Å². The number of halogens is 2. The Morgan fingerprint density at radius 1 is 0.833 bits per heavy atom. The summed E-state index contributed by atoms with van der Waals surface area (Å²) in [6, 6.07) is 27.6. The Labute approximate surface area is 192 Å². The number of fused-ring (bicyclic) bond motifs is 1. The smallest absolute Gasteiger partial charge is 0.185 e. The first kappa shape index (κ1) is 20.6. The number of rotatable bonds is 6. The van der Waals surface area contributed by atoms with Gasteiger partial charge in [0.05, 0.1) is 8.95 Å². The van der Waals surface area contributed by atoms with E-state index in [0.29, 0.717) is 12.2 Å². The van der Waals surface area contributed by atoms with Crippen molar-refractivity contribution in [3.63, 3.8) is 0 Å². The second kappa shape index (κ2) is 9.41. The molecule has 0 N–H and O–H groups in total. The molecule has 0 saturated heterocycles. The molecule has 4 heteroatoms. The van der Waals surface area contributed by atoms with E-state index >= 15 is 0 Å². The average molecular weight is 522 g/mol. The molecule has 2 nitrogen and oxygen atoms in total. The van der Waals surface area contributed by atoms with Crippen molar-refractivity contribution in [2.24, 2.45) is 0 Å². The predicted molar refractivity (Wildman–Crippen MR) is 130 cm³/mol. The van der Waals surface area contributed by atoms with Crippen molar-refractivity contribution >= 4 is 54.5 Å². The summed E-state index contributed by atoms with van der Waals surface area (Å²) in [6.07, 6.45) is 3.39. The molecule has 148 valence electrons. The number of allylic oxidation sites excluding steroid dienone is 1. The number of carbonyl (C=O) groups excluding carboxylic acids is 1. The van der Waals surface area contributed by atoms with Gasteiger partial charge >= 0.3 is 0 Å². The minimum Gasteiger partial charge on any atom is -0.487 e.